The van der Waals surface area contributed by atoms with E-state index in [0.717, 1.165) is 0 Å². The van der Waals surface area contributed by atoms with Crippen molar-refractivity contribution < 1.29 is 50.5 Å². The number of fused-ring (bicyclic) bond motifs is 2. The number of ether oxygens (including phenoxy) is 2. The van der Waals surface area contributed by atoms with Crippen LogP contribution in [0.2, 0.25) is 0 Å². The summed E-state index contributed by atoms with van der Waals surface area (Å²) >= 11 is 2.54. The summed E-state index contributed by atoms with van der Waals surface area (Å²) in [5, 5.41) is 21.5. The number of nitrogens with one attached hydrogen (secondary N) is 1. The maximum Gasteiger partial charge on any atom is 0.422 e. The number of aliphatic carboxylic acids is 1. The topological polar surface area (TPSA) is 188 Å². The Bertz CT molecular complexity index is 2730. The van der Waals surface area contributed by atoms with Crippen LogP contribution in [0.5, 0.6) is 11.5 Å². The monoisotopic (exact) mass is 934 g/mol. The van der Waals surface area contributed by atoms with Crippen LogP contribution in [0.1, 0.15) is 32.1 Å². The quantitative estimate of drug-likeness (QED) is 0.0383. The number of rotatable bonds is 18. The van der Waals surface area contributed by atoms with Crippen LogP contribution in [0.25, 0.3) is 33.4 Å². The molecule has 23 heteroatoms. The summed E-state index contributed by atoms with van der Waals surface area (Å²) in [6.45, 7) is -2.51. The van der Waals surface area contributed by atoms with Gasteiger partial charge in [-0.1, -0.05) is 23.5 Å². The van der Waals surface area contributed by atoms with E-state index in [-0.39, 0.29) is 47.8 Å². The van der Waals surface area contributed by atoms with Crippen LogP contribution in [0.3, 0.4) is 0 Å². The van der Waals surface area contributed by atoms with Gasteiger partial charge in [-0.3, -0.25) is 28.3 Å². The number of amides is 1. The largest absolute Gasteiger partial charge is 0.484 e. The van der Waals surface area contributed by atoms with Crippen molar-refractivity contribution in [2.75, 3.05) is 31.3 Å². The SMILES string of the molecule is Cn1ccc2c(=O)n(-c3ccc(OCC(F)(F)F)cc3)c(SCCCC(=O)NCCC#N)nc21.Cn1ccc2c(=O)n(-c3ccc(OCC(F)(F)F)cc3)c(SCCCC(=O)O)nc21. The summed E-state index contributed by atoms with van der Waals surface area (Å²) in [7, 11) is 3.52. The molecule has 0 bridgehead atoms. The molecule has 6 aromatic rings. The van der Waals surface area contributed by atoms with Crippen LogP contribution in [-0.4, -0.2) is 88.8 Å². The summed E-state index contributed by atoms with van der Waals surface area (Å²) in [6, 6.07) is 16.6. The molecule has 6 rings (SSSR count). The first-order valence-electron chi connectivity index (χ1n) is 19.2. The van der Waals surface area contributed by atoms with Gasteiger partial charge in [0.1, 0.15) is 22.8 Å². The number of carboxylic acids is 1. The highest BCUT2D eigenvalue weighted by Gasteiger charge is 2.29. The number of nitrogens with zero attached hydrogens (tertiary/aromatic N) is 7. The number of alkyl halides is 6. The first-order chi connectivity index (χ1) is 30.3. The number of carbonyl (C=O) groups excluding carboxylic acids is 1. The van der Waals surface area contributed by atoms with Gasteiger partial charge in [0.15, 0.2) is 23.5 Å². The van der Waals surface area contributed by atoms with E-state index in [1.165, 1.54) is 81.2 Å². The number of hydrogen-bond acceptors (Lipinski definition) is 11. The Labute approximate surface area is 368 Å². The molecule has 0 saturated carbocycles. The fourth-order valence-electron chi connectivity index (χ4n) is 5.84. The number of thioether (sulfide) groups is 2. The third-order valence-electron chi connectivity index (χ3n) is 8.83. The zero-order valence-electron chi connectivity index (χ0n) is 34.1. The molecule has 0 radical (unpaired) electrons. The summed E-state index contributed by atoms with van der Waals surface area (Å²) < 4.78 is 89.8. The smallest absolute Gasteiger partial charge is 0.422 e. The van der Waals surface area contributed by atoms with E-state index in [2.05, 4.69) is 15.3 Å². The van der Waals surface area contributed by atoms with E-state index in [0.29, 0.717) is 74.6 Å². The van der Waals surface area contributed by atoms with Gasteiger partial charge in [0.2, 0.25) is 5.91 Å². The van der Waals surface area contributed by atoms with E-state index in [9.17, 15) is 45.5 Å². The van der Waals surface area contributed by atoms with E-state index in [4.69, 9.17) is 19.8 Å². The standard InChI is InChI=1S/C22H22F3N5O3S.C19H18F3N3O4S/c1-29-12-9-17-19(29)28-21(34-13-2-4-18(31)27-11-3-10-26)30(20(17)32)15-5-7-16(8-6-15)33-14-22(23,24)25;1-24-9-8-14-16(24)23-18(30-10-2-3-15(26)27)25(17(14)28)12-4-6-13(7-5-12)29-11-19(20,21)22/h5-9,12H,2-4,11,13-14H2,1H3,(H,27,31);4-9H,2-3,10-11H2,1H3,(H,26,27). The van der Waals surface area contributed by atoms with Crippen LogP contribution in [0.15, 0.2) is 93.0 Å². The molecular weight excluding hydrogens is 895 g/mol. The average Bonchev–Trinajstić information content (AvgIpc) is 3.81. The lowest BCUT2D eigenvalue weighted by atomic mass is 10.3. The highest BCUT2D eigenvalue weighted by molar-refractivity contribution is 7.99. The molecule has 64 heavy (non-hydrogen) atoms. The Kier molecular flexibility index (Phi) is 16.6. The third-order valence-corrected chi connectivity index (χ3v) is 10.9. The normalized spacial score (nSPS) is 11.5. The zero-order valence-corrected chi connectivity index (χ0v) is 35.7. The number of carboxylic acid groups (broad SMARTS) is 1. The van der Waals surface area contributed by atoms with Crippen LogP contribution in [-0.2, 0) is 23.7 Å². The molecule has 0 unspecified atom stereocenters. The molecule has 4 aromatic heterocycles. The Hall–Kier alpha value is -6.41. The van der Waals surface area contributed by atoms with Crippen LogP contribution >= 0.6 is 23.5 Å². The van der Waals surface area contributed by atoms with Crippen molar-refractivity contribution in [1.82, 2.24) is 33.6 Å². The van der Waals surface area contributed by atoms with Gasteiger partial charge in [-0.05, 0) is 73.5 Å². The minimum absolute atomic E-state index is 0.00509. The summed E-state index contributed by atoms with van der Waals surface area (Å²) in [4.78, 5) is 58.0. The molecule has 0 aliphatic carbocycles. The summed E-state index contributed by atoms with van der Waals surface area (Å²) in [6.07, 6.45) is -4.05. The number of halogens is 6. The first-order valence-corrected chi connectivity index (χ1v) is 21.2. The molecular formula is C41H40F6N8O7S2. The molecule has 2 N–H and O–H groups in total. The van der Waals surface area contributed by atoms with E-state index in [1.54, 1.807) is 47.8 Å². The van der Waals surface area contributed by atoms with Crippen LogP contribution in [0, 0.1) is 11.3 Å². The van der Waals surface area contributed by atoms with Crippen molar-refractivity contribution in [2.45, 2.75) is 54.8 Å². The molecule has 0 atom stereocenters. The molecule has 0 fully saturated rings. The van der Waals surface area contributed by atoms with Crippen LogP contribution < -0.4 is 25.9 Å². The van der Waals surface area contributed by atoms with Gasteiger partial charge in [0.05, 0.1) is 34.6 Å². The Morgan fingerprint density at radius 3 is 1.53 bits per heavy atom. The Morgan fingerprint density at radius 1 is 0.719 bits per heavy atom. The van der Waals surface area contributed by atoms with Gasteiger partial charge in [-0.2, -0.15) is 31.6 Å². The molecule has 1 amide bonds. The van der Waals surface area contributed by atoms with Crippen molar-refractivity contribution >= 4 is 57.5 Å². The van der Waals surface area contributed by atoms with Crippen molar-refractivity contribution in [3.63, 3.8) is 0 Å². The second-order valence-electron chi connectivity index (χ2n) is 13.7. The lowest BCUT2D eigenvalue weighted by Crippen LogP contribution is -2.24. The predicted octanol–water partition coefficient (Wildman–Crippen LogP) is 7.19. The first kappa shape index (κ1) is 48.6. The second-order valence-corrected chi connectivity index (χ2v) is 15.9. The molecule has 340 valence electrons. The molecule has 0 aliphatic heterocycles. The lowest BCUT2D eigenvalue weighted by molar-refractivity contribution is -0.154. The fourth-order valence-corrected chi connectivity index (χ4v) is 7.72. The Balaban J connectivity index is 0.000000243. The van der Waals surface area contributed by atoms with E-state index < -0.39 is 31.5 Å². The zero-order chi connectivity index (χ0) is 46.6. The van der Waals surface area contributed by atoms with Crippen molar-refractivity contribution in [1.29, 1.82) is 5.26 Å². The molecule has 4 heterocycles. The lowest BCUT2D eigenvalue weighted by Gasteiger charge is -2.14. The highest BCUT2D eigenvalue weighted by Crippen LogP contribution is 2.27. The highest BCUT2D eigenvalue weighted by atomic mass is 32.2. The van der Waals surface area contributed by atoms with Crippen molar-refractivity contribution in [2.24, 2.45) is 14.1 Å². The van der Waals surface area contributed by atoms with Gasteiger partial charge < -0.3 is 29.0 Å². The molecule has 0 spiro atoms. The van der Waals surface area contributed by atoms with Gasteiger partial charge in [-0.25, -0.2) is 9.97 Å². The van der Waals surface area contributed by atoms with Gasteiger partial charge in [0.25, 0.3) is 11.1 Å². The van der Waals surface area contributed by atoms with Crippen LogP contribution in [0.4, 0.5) is 26.3 Å². The number of hydrogen-bond donors (Lipinski definition) is 2. The molecule has 0 saturated heterocycles. The second kappa shape index (κ2) is 21.8. The Morgan fingerprint density at radius 2 is 1.14 bits per heavy atom. The van der Waals surface area contributed by atoms with E-state index in [1.807, 2.05) is 6.07 Å². The molecule has 2 aromatic carbocycles. The number of benzene rings is 2. The fraction of sp³-hybridized carbons (Fsp3) is 0.341. The van der Waals surface area contributed by atoms with Gasteiger partial charge in [0, 0.05) is 57.4 Å². The van der Waals surface area contributed by atoms with Crippen molar-refractivity contribution in [3.05, 3.63) is 93.8 Å². The molecule has 15 nitrogen and oxygen atoms in total. The predicted molar refractivity (Wildman–Crippen MR) is 227 cm³/mol. The van der Waals surface area contributed by atoms with E-state index >= 15 is 0 Å². The minimum atomic E-state index is -4.45. The number of carbonyl (C=O) groups is 2. The van der Waals surface area contributed by atoms with Gasteiger partial charge >= 0.3 is 18.3 Å². The number of nitriles is 1. The number of aromatic nitrogens is 6. The van der Waals surface area contributed by atoms with Crippen molar-refractivity contribution in [3.8, 4) is 28.9 Å². The third kappa shape index (κ3) is 13.5. The maximum atomic E-state index is 13.2. The average molecular weight is 935 g/mol. The summed E-state index contributed by atoms with van der Waals surface area (Å²) in [5.74, 6) is -0.0859. The summed E-state index contributed by atoms with van der Waals surface area (Å²) in [5.41, 5.74) is 1.19. The van der Waals surface area contributed by atoms with Gasteiger partial charge in [-0.15, -0.1) is 0 Å². The minimum Gasteiger partial charge on any atom is -0.484 e. The number of aryl methyl sites for hydroxylation is 2. The maximum absolute atomic E-state index is 13.2. The molecule has 0 aliphatic rings.